The molecule has 126 valence electrons. The van der Waals surface area contributed by atoms with Gasteiger partial charge in [-0.3, -0.25) is 9.36 Å². The molecule has 0 atom stereocenters. The highest BCUT2D eigenvalue weighted by molar-refractivity contribution is 6.31. The maximum Gasteiger partial charge on any atom is 0.240 e. The Bertz CT molecular complexity index is 860. The Balaban J connectivity index is 1.62. The number of aryl methyl sites for hydroxylation is 4. The van der Waals surface area contributed by atoms with Crippen LogP contribution in [0.1, 0.15) is 35.7 Å². The molecule has 0 fully saturated rings. The molecule has 3 aromatic rings. The summed E-state index contributed by atoms with van der Waals surface area (Å²) in [6.45, 7) is 7.37. The van der Waals surface area contributed by atoms with Crippen molar-refractivity contribution in [1.82, 2.24) is 29.8 Å². The van der Waals surface area contributed by atoms with E-state index in [9.17, 15) is 0 Å². The first-order valence-corrected chi connectivity index (χ1v) is 8.17. The zero-order valence-electron chi connectivity index (χ0n) is 13.9. The van der Waals surface area contributed by atoms with Crippen LogP contribution in [0.25, 0.3) is 12.2 Å². The lowest BCUT2D eigenvalue weighted by Gasteiger charge is -2.01. The van der Waals surface area contributed by atoms with E-state index < -0.39 is 0 Å². The van der Waals surface area contributed by atoms with Crippen LogP contribution >= 0.6 is 11.6 Å². The SMILES string of the molecule is CCn1cc(/C=C/c2nnc(CCn3nc(C)c(Cl)c3C)o2)cn1. The number of rotatable bonds is 6. The van der Waals surface area contributed by atoms with E-state index in [0.717, 1.165) is 23.5 Å². The van der Waals surface area contributed by atoms with Crippen molar-refractivity contribution < 1.29 is 4.42 Å². The number of aromatic nitrogens is 6. The number of hydrogen-bond acceptors (Lipinski definition) is 5. The molecule has 8 heteroatoms. The van der Waals surface area contributed by atoms with Crippen LogP contribution in [0.2, 0.25) is 5.02 Å². The van der Waals surface area contributed by atoms with Crippen molar-refractivity contribution in [3.05, 3.63) is 46.1 Å². The van der Waals surface area contributed by atoms with Gasteiger partial charge in [0.15, 0.2) is 0 Å². The van der Waals surface area contributed by atoms with Gasteiger partial charge in [-0.25, -0.2) is 0 Å². The van der Waals surface area contributed by atoms with Crippen molar-refractivity contribution in [3.8, 4) is 0 Å². The largest absolute Gasteiger partial charge is 0.421 e. The fourth-order valence-electron chi connectivity index (χ4n) is 2.34. The Morgan fingerprint density at radius 3 is 2.75 bits per heavy atom. The molecule has 0 radical (unpaired) electrons. The third-order valence-electron chi connectivity index (χ3n) is 3.71. The van der Waals surface area contributed by atoms with Gasteiger partial charge >= 0.3 is 0 Å². The molecule has 0 unspecified atom stereocenters. The molecule has 0 N–H and O–H groups in total. The van der Waals surface area contributed by atoms with E-state index in [1.165, 1.54) is 0 Å². The molecule has 0 aliphatic heterocycles. The summed E-state index contributed by atoms with van der Waals surface area (Å²) in [6, 6.07) is 0. The maximum atomic E-state index is 6.15. The first-order chi connectivity index (χ1) is 11.6. The van der Waals surface area contributed by atoms with Crippen LogP contribution < -0.4 is 0 Å². The van der Waals surface area contributed by atoms with Gasteiger partial charge < -0.3 is 4.42 Å². The Morgan fingerprint density at radius 2 is 2.08 bits per heavy atom. The second-order valence-corrected chi connectivity index (χ2v) is 5.83. The maximum absolute atomic E-state index is 6.15. The molecule has 0 saturated heterocycles. The van der Waals surface area contributed by atoms with Gasteiger partial charge in [0.25, 0.3) is 0 Å². The van der Waals surface area contributed by atoms with Gasteiger partial charge in [0.1, 0.15) is 0 Å². The standard InChI is InChI=1S/C16H19ClN6O/c1-4-22-10-13(9-18-22)5-6-14-19-20-15(24-14)7-8-23-12(3)16(17)11(2)21-23/h5-6,9-10H,4,7-8H2,1-3H3/b6-5+. The molecule has 7 nitrogen and oxygen atoms in total. The molecule has 3 heterocycles. The van der Waals surface area contributed by atoms with Crippen LogP contribution in [-0.4, -0.2) is 29.8 Å². The molecule has 24 heavy (non-hydrogen) atoms. The predicted molar refractivity (Wildman–Crippen MR) is 91.5 cm³/mol. The van der Waals surface area contributed by atoms with Crippen molar-refractivity contribution in [2.45, 2.75) is 40.3 Å². The highest BCUT2D eigenvalue weighted by Crippen LogP contribution is 2.19. The normalized spacial score (nSPS) is 11.7. The van der Waals surface area contributed by atoms with E-state index in [0.29, 0.717) is 29.8 Å². The number of nitrogens with zero attached hydrogens (tertiary/aromatic N) is 6. The van der Waals surface area contributed by atoms with Crippen molar-refractivity contribution in [2.75, 3.05) is 0 Å². The molecule has 0 aliphatic rings. The van der Waals surface area contributed by atoms with Crippen LogP contribution in [0.3, 0.4) is 0 Å². The third kappa shape index (κ3) is 3.56. The van der Waals surface area contributed by atoms with Crippen molar-refractivity contribution in [2.24, 2.45) is 0 Å². The summed E-state index contributed by atoms with van der Waals surface area (Å²) in [4.78, 5) is 0. The Hall–Kier alpha value is -2.41. The number of hydrogen-bond donors (Lipinski definition) is 0. The van der Waals surface area contributed by atoms with Crippen LogP contribution in [0.15, 0.2) is 16.8 Å². The highest BCUT2D eigenvalue weighted by Gasteiger charge is 2.10. The smallest absolute Gasteiger partial charge is 0.240 e. The highest BCUT2D eigenvalue weighted by atomic mass is 35.5. The van der Waals surface area contributed by atoms with Gasteiger partial charge in [-0.15, -0.1) is 10.2 Å². The lowest BCUT2D eigenvalue weighted by molar-refractivity contribution is 0.457. The molecule has 3 aromatic heterocycles. The first-order valence-electron chi connectivity index (χ1n) is 7.79. The Labute approximate surface area is 144 Å². The lowest BCUT2D eigenvalue weighted by atomic mass is 10.3. The zero-order chi connectivity index (χ0) is 17.1. The quantitative estimate of drug-likeness (QED) is 0.685. The molecule has 0 amide bonds. The van der Waals surface area contributed by atoms with Crippen molar-refractivity contribution in [1.29, 1.82) is 0 Å². The average Bonchev–Trinajstić information content (AvgIpc) is 3.28. The zero-order valence-corrected chi connectivity index (χ0v) is 14.7. The van der Waals surface area contributed by atoms with Gasteiger partial charge in [-0.05, 0) is 26.8 Å². The predicted octanol–water partition coefficient (Wildman–Crippen LogP) is 3.17. The number of halogens is 1. The second kappa shape index (κ2) is 7.00. The lowest BCUT2D eigenvalue weighted by Crippen LogP contribution is -2.05. The summed E-state index contributed by atoms with van der Waals surface area (Å²) < 4.78 is 9.34. The van der Waals surface area contributed by atoms with Gasteiger partial charge in [0.05, 0.1) is 22.6 Å². The fourth-order valence-corrected chi connectivity index (χ4v) is 2.47. The van der Waals surface area contributed by atoms with Crippen LogP contribution in [0.5, 0.6) is 0 Å². The minimum absolute atomic E-state index is 0.473. The minimum atomic E-state index is 0.473. The van der Waals surface area contributed by atoms with Crippen LogP contribution in [0.4, 0.5) is 0 Å². The summed E-state index contributed by atoms with van der Waals surface area (Å²) in [5.74, 6) is 1.04. The van der Waals surface area contributed by atoms with Gasteiger partial charge in [0.2, 0.25) is 11.8 Å². The molecule has 0 aromatic carbocycles. The van der Waals surface area contributed by atoms with E-state index in [1.807, 2.05) is 42.4 Å². The summed E-state index contributed by atoms with van der Waals surface area (Å²) in [5.41, 5.74) is 2.77. The van der Waals surface area contributed by atoms with E-state index in [2.05, 4.69) is 20.4 Å². The van der Waals surface area contributed by atoms with Crippen LogP contribution in [-0.2, 0) is 19.5 Å². The molecule has 0 bridgehead atoms. The molecule has 0 aliphatic carbocycles. The van der Waals surface area contributed by atoms with Crippen LogP contribution in [0, 0.1) is 13.8 Å². The topological polar surface area (TPSA) is 74.6 Å². The van der Waals surface area contributed by atoms with Gasteiger partial charge in [-0.1, -0.05) is 11.6 Å². The fraction of sp³-hybridized carbons (Fsp3) is 0.375. The molecule has 0 spiro atoms. The summed E-state index contributed by atoms with van der Waals surface area (Å²) in [6.07, 6.45) is 8.04. The van der Waals surface area contributed by atoms with E-state index in [4.69, 9.17) is 16.0 Å². The molecular formula is C16H19ClN6O. The van der Waals surface area contributed by atoms with E-state index in [1.54, 1.807) is 12.3 Å². The Morgan fingerprint density at radius 1 is 1.25 bits per heavy atom. The van der Waals surface area contributed by atoms with E-state index in [-0.39, 0.29) is 0 Å². The van der Waals surface area contributed by atoms with Crippen molar-refractivity contribution in [3.63, 3.8) is 0 Å². The molecule has 0 saturated carbocycles. The summed E-state index contributed by atoms with van der Waals surface area (Å²) >= 11 is 6.15. The molecular weight excluding hydrogens is 328 g/mol. The summed E-state index contributed by atoms with van der Waals surface area (Å²) in [7, 11) is 0. The first kappa shape index (κ1) is 16.4. The monoisotopic (exact) mass is 346 g/mol. The average molecular weight is 347 g/mol. The summed E-state index contributed by atoms with van der Waals surface area (Å²) in [5, 5.41) is 17.4. The minimum Gasteiger partial charge on any atom is -0.421 e. The third-order valence-corrected chi connectivity index (χ3v) is 4.26. The van der Waals surface area contributed by atoms with Crippen molar-refractivity contribution >= 4 is 23.8 Å². The Kier molecular flexibility index (Phi) is 4.80. The van der Waals surface area contributed by atoms with E-state index >= 15 is 0 Å². The molecule has 3 rings (SSSR count). The van der Waals surface area contributed by atoms with Gasteiger partial charge in [-0.2, -0.15) is 10.2 Å². The second-order valence-electron chi connectivity index (χ2n) is 5.45. The van der Waals surface area contributed by atoms with Gasteiger partial charge in [0, 0.05) is 37.3 Å².